The molecule has 2 bridgehead atoms. The smallest absolute Gasteiger partial charge is 0.333 e. The van der Waals surface area contributed by atoms with E-state index in [1.807, 2.05) is 0 Å². The summed E-state index contributed by atoms with van der Waals surface area (Å²) in [5.74, 6) is 0.187. The minimum absolute atomic E-state index is 0.00443. The molecule has 4 heteroatoms. The standard InChI is InChI=1S/C13H18O4/c1-7(2)12(14)17-11-6-8-4-9(11)5-10(8)13(15)16-3/h8-11H,1,4-6H2,2-3H3. The van der Waals surface area contributed by atoms with Gasteiger partial charge in [-0.1, -0.05) is 6.58 Å². The molecule has 0 amide bonds. The zero-order valence-corrected chi connectivity index (χ0v) is 10.3. The first-order valence-corrected chi connectivity index (χ1v) is 5.97. The highest BCUT2D eigenvalue weighted by Gasteiger charge is 2.50. The van der Waals surface area contributed by atoms with E-state index in [1.165, 1.54) is 7.11 Å². The summed E-state index contributed by atoms with van der Waals surface area (Å²) in [7, 11) is 1.42. The molecular formula is C13H18O4. The molecule has 2 aliphatic carbocycles. The van der Waals surface area contributed by atoms with Gasteiger partial charge in [0.2, 0.25) is 0 Å². The van der Waals surface area contributed by atoms with Crippen LogP contribution in [0.5, 0.6) is 0 Å². The fourth-order valence-electron chi connectivity index (χ4n) is 3.05. The lowest BCUT2D eigenvalue weighted by Gasteiger charge is -2.26. The van der Waals surface area contributed by atoms with E-state index in [-0.39, 0.29) is 24.0 Å². The molecule has 0 aromatic heterocycles. The number of esters is 2. The van der Waals surface area contributed by atoms with E-state index in [4.69, 9.17) is 9.47 Å². The predicted octanol–water partition coefficient (Wildman–Crippen LogP) is 1.69. The van der Waals surface area contributed by atoms with Crippen LogP contribution in [0.25, 0.3) is 0 Å². The van der Waals surface area contributed by atoms with Crippen LogP contribution in [0, 0.1) is 17.8 Å². The van der Waals surface area contributed by atoms with E-state index in [9.17, 15) is 9.59 Å². The Morgan fingerprint density at radius 2 is 1.88 bits per heavy atom. The van der Waals surface area contributed by atoms with Crippen LogP contribution >= 0.6 is 0 Å². The van der Waals surface area contributed by atoms with Crippen LogP contribution in [0.4, 0.5) is 0 Å². The van der Waals surface area contributed by atoms with Crippen LogP contribution in [0.3, 0.4) is 0 Å². The van der Waals surface area contributed by atoms with Gasteiger partial charge < -0.3 is 9.47 Å². The van der Waals surface area contributed by atoms with Gasteiger partial charge in [0.15, 0.2) is 0 Å². The van der Waals surface area contributed by atoms with Crippen LogP contribution < -0.4 is 0 Å². The molecule has 4 nitrogen and oxygen atoms in total. The van der Waals surface area contributed by atoms with Crippen LogP contribution in [0.15, 0.2) is 12.2 Å². The highest BCUT2D eigenvalue weighted by atomic mass is 16.5. The third-order valence-electron chi connectivity index (χ3n) is 3.90. The highest BCUT2D eigenvalue weighted by Crippen LogP contribution is 2.50. The quantitative estimate of drug-likeness (QED) is 0.554. The van der Waals surface area contributed by atoms with Gasteiger partial charge in [-0.3, -0.25) is 4.79 Å². The molecule has 2 fully saturated rings. The Morgan fingerprint density at radius 1 is 1.18 bits per heavy atom. The average molecular weight is 238 g/mol. The Bertz CT molecular complexity index is 360. The topological polar surface area (TPSA) is 52.6 Å². The Labute approximate surface area is 101 Å². The van der Waals surface area contributed by atoms with Gasteiger partial charge in [-0.15, -0.1) is 0 Å². The van der Waals surface area contributed by atoms with Gasteiger partial charge in [0, 0.05) is 5.57 Å². The summed E-state index contributed by atoms with van der Waals surface area (Å²) in [5, 5.41) is 0. The number of carbonyl (C=O) groups is 2. The molecule has 0 spiro atoms. The van der Waals surface area contributed by atoms with Gasteiger partial charge in [-0.25, -0.2) is 4.79 Å². The summed E-state index contributed by atoms with van der Waals surface area (Å²) >= 11 is 0. The molecule has 4 atom stereocenters. The molecule has 0 aromatic carbocycles. The monoisotopic (exact) mass is 238 g/mol. The van der Waals surface area contributed by atoms with Crippen molar-refractivity contribution in [3.05, 3.63) is 12.2 Å². The number of hydrogen-bond donors (Lipinski definition) is 0. The van der Waals surface area contributed by atoms with Gasteiger partial charge in [-0.05, 0) is 38.0 Å². The second kappa shape index (κ2) is 4.51. The normalized spacial score (nSPS) is 34.5. The summed E-state index contributed by atoms with van der Waals surface area (Å²) in [6, 6.07) is 0. The molecule has 0 heterocycles. The maximum atomic E-state index is 11.5. The van der Waals surface area contributed by atoms with E-state index in [0.29, 0.717) is 17.4 Å². The van der Waals surface area contributed by atoms with Crippen molar-refractivity contribution in [2.75, 3.05) is 7.11 Å². The lowest BCUT2D eigenvalue weighted by molar-refractivity contribution is -0.151. The molecule has 4 unspecified atom stereocenters. The van der Waals surface area contributed by atoms with Crippen molar-refractivity contribution in [2.24, 2.45) is 17.8 Å². The molecule has 17 heavy (non-hydrogen) atoms. The Balaban J connectivity index is 1.92. The number of carbonyl (C=O) groups excluding carboxylic acids is 2. The van der Waals surface area contributed by atoms with Crippen molar-refractivity contribution in [1.82, 2.24) is 0 Å². The van der Waals surface area contributed by atoms with Crippen molar-refractivity contribution in [3.63, 3.8) is 0 Å². The van der Waals surface area contributed by atoms with Crippen LogP contribution in [0.2, 0.25) is 0 Å². The maximum Gasteiger partial charge on any atom is 0.333 e. The van der Waals surface area contributed by atoms with Crippen molar-refractivity contribution in [2.45, 2.75) is 32.3 Å². The largest absolute Gasteiger partial charge is 0.469 e. The van der Waals surface area contributed by atoms with E-state index in [1.54, 1.807) is 6.92 Å². The fraction of sp³-hybridized carbons (Fsp3) is 0.692. The minimum atomic E-state index is -0.322. The average Bonchev–Trinajstić information content (AvgIpc) is 2.86. The number of hydrogen-bond acceptors (Lipinski definition) is 4. The van der Waals surface area contributed by atoms with E-state index >= 15 is 0 Å². The first kappa shape index (κ1) is 12.1. The van der Waals surface area contributed by atoms with Crippen molar-refractivity contribution < 1.29 is 19.1 Å². The van der Waals surface area contributed by atoms with Gasteiger partial charge in [0.1, 0.15) is 6.10 Å². The van der Waals surface area contributed by atoms with Gasteiger partial charge in [-0.2, -0.15) is 0 Å². The fourth-order valence-corrected chi connectivity index (χ4v) is 3.05. The summed E-state index contributed by atoms with van der Waals surface area (Å²) in [5.41, 5.74) is 0.428. The van der Waals surface area contributed by atoms with E-state index < -0.39 is 0 Å². The Morgan fingerprint density at radius 3 is 2.35 bits per heavy atom. The van der Waals surface area contributed by atoms with Gasteiger partial charge in [0.05, 0.1) is 13.0 Å². The zero-order chi connectivity index (χ0) is 12.6. The zero-order valence-electron chi connectivity index (χ0n) is 10.3. The van der Waals surface area contributed by atoms with Crippen molar-refractivity contribution >= 4 is 11.9 Å². The van der Waals surface area contributed by atoms with E-state index in [2.05, 4.69) is 6.58 Å². The molecule has 0 aromatic rings. The van der Waals surface area contributed by atoms with Crippen LogP contribution in [-0.4, -0.2) is 25.2 Å². The Kier molecular flexibility index (Phi) is 3.22. The van der Waals surface area contributed by atoms with E-state index in [0.717, 1.165) is 19.3 Å². The molecular weight excluding hydrogens is 220 g/mol. The lowest BCUT2D eigenvalue weighted by atomic mass is 9.87. The maximum absolute atomic E-state index is 11.5. The highest BCUT2D eigenvalue weighted by molar-refractivity contribution is 5.87. The van der Waals surface area contributed by atoms with Gasteiger partial charge in [0.25, 0.3) is 0 Å². The molecule has 94 valence electrons. The summed E-state index contributed by atoms with van der Waals surface area (Å²) in [6.07, 6.45) is 2.49. The minimum Gasteiger partial charge on any atom is -0.469 e. The molecule has 0 aliphatic heterocycles. The lowest BCUT2D eigenvalue weighted by Crippen LogP contribution is -2.31. The SMILES string of the molecule is C=C(C)C(=O)OC1CC2CC1CC2C(=O)OC. The summed E-state index contributed by atoms with van der Waals surface area (Å²) in [4.78, 5) is 22.9. The van der Waals surface area contributed by atoms with Crippen LogP contribution in [-0.2, 0) is 19.1 Å². The number of rotatable bonds is 3. The first-order valence-electron chi connectivity index (χ1n) is 5.97. The molecule has 0 radical (unpaired) electrons. The molecule has 2 aliphatic rings. The molecule has 0 N–H and O–H groups in total. The third kappa shape index (κ3) is 2.21. The number of ether oxygens (including phenoxy) is 2. The predicted molar refractivity (Wildman–Crippen MR) is 61.0 cm³/mol. The first-order chi connectivity index (χ1) is 8.02. The Hall–Kier alpha value is -1.32. The summed E-state index contributed by atoms with van der Waals surface area (Å²) in [6.45, 7) is 5.21. The van der Waals surface area contributed by atoms with Gasteiger partial charge >= 0.3 is 11.9 Å². The molecule has 2 saturated carbocycles. The second-order valence-corrected chi connectivity index (χ2v) is 5.08. The number of methoxy groups -OCH3 is 1. The molecule has 2 rings (SSSR count). The third-order valence-corrected chi connectivity index (χ3v) is 3.90. The number of fused-ring (bicyclic) bond motifs is 2. The second-order valence-electron chi connectivity index (χ2n) is 5.08. The molecule has 0 saturated heterocycles. The van der Waals surface area contributed by atoms with Crippen LogP contribution in [0.1, 0.15) is 26.2 Å². The summed E-state index contributed by atoms with van der Waals surface area (Å²) < 4.78 is 10.2. The van der Waals surface area contributed by atoms with Crippen molar-refractivity contribution in [3.8, 4) is 0 Å². The van der Waals surface area contributed by atoms with Crippen molar-refractivity contribution in [1.29, 1.82) is 0 Å².